The van der Waals surface area contributed by atoms with Crippen LogP contribution in [-0.4, -0.2) is 4.98 Å². The molecule has 3 nitrogen and oxygen atoms in total. The number of hydrogen-bond donors (Lipinski definition) is 0. The zero-order valence-corrected chi connectivity index (χ0v) is 7.23. The van der Waals surface area contributed by atoms with Crippen molar-refractivity contribution in [3.8, 4) is 11.8 Å². The lowest BCUT2D eigenvalue weighted by Gasteiger charge is -2.02. The maximum Gasteiger partial charge on any atom is 0.399 e. The summed E-state index contributed by atoms with van der Waals surface area (Å²) in [6, 6.07) is 7.71. The van der Waals surface area contributed by atoms with E-state index in [1.54, 1.807) is 6.20 Å². The highest BCUT2D eigenvalue weighted by Crippen LogP contribution is 2.22. The van der Waals surface area contributed by atoms with Gasteiger partial charge in [-0.3, -0.25) is 0 Å². The van der Waals surface area contributed by atoms with Crippen molar-refractivity contribution in [1.82, 2.24) is 4.98 Å². The fraction of sp³-hybridized carbons (Fsp3) is 0.100. The Kier molecular flexibility index (Phi) is 2.00. The quantitative estimate of drug-likeness (QED) is 0.703. The summed E-state index contributed by atoms with van der Waals surface area (Å²) in [5.74, 6) is 0.768. The fourth-order valence-corrected chi connectivity index (χ4v) is 1.03. The van der Waals surface area contributed by atoms with Crippen LogP contribution in [0, 0.1) is 6.92 Å². The monoisotopic (exact) mass is 175 g/mol. The number of para-hydroxylation sites is 1. The van der Waals surface area contributed by atoms with Gasteiger partial charge in [0.05, 0.1) is 6.20 Å². The number of aromatic nitrogens is 1. The van der Waals surface area contributed by atoms with Gasteiger partial charge in [0.15, 0.2) is 0 Å². The molecule has 1 aromatic heterocycles. The van der Waals surface area contributed by atoms with E-state index >= 15 is 0 Å². The molecule has 0 spiro atoms. The molecule has 0 aliphatic carbocycles. The summed E-state index contributed by atoms with van der Waals surface area (Å²) in [7, 11) is 0. The summed E-state index contributed by atoms with van der Waals surface area (Å²) >= 11 is 0. The summed E-state index contributed by atoms with van der Waals surface area (Å²) in [5.41, 5.74) is 1.06. The second-order valence-electron chi connectivity index (χ2n) is 2.67. The molecule has 0 N–H and O–H groups in total. The third-order valence-electron chi connectivity index (χ3n) is 1.70. The summed E-state index contributed by atoms with van der Waals surface area (Å²) in [6.07, 6.45) is 3.30. The standard InChI is InChI=1S/C10H9NO2/c1-8-4-2-3-5-9(8)13-10-11-6-7-12-10/h2-7H,1H3. The predicted octanol–water partition coefficient (Wildman–Crippen LogP) is 2.78. The lowest BCUT2D eigenvalue weighted by Crippen LogP contribution is -1.86. The molecule has 66 valence electrons. The summed E-state index contributed by atoms with van der Waals surface area (Å²) in [4.78, 5) is 3.86. The van der Waals surface area contributed by atoms with E-state index in [9.17, 15) is 0 Å². The smallest absolute Gasteiger partial charge is 0.399 e. The van der Waals surface area contributed by atoms with Crippen LogP contribution in [0.2, 0.25) is 0 Å². The van der Waals surface area contributed by atoms with Crippen LogP contribution >= 0.6 is 0 Å². The molecule has 0 aliphatic rings. The van der Waals surface area contributed by atoms with Gasteiger partial charge in [0.25, 0.3) is 0 Å². The molecule has 3 heteroatoms. The van der Waals surface area contributed by atoms with Crippen molar-refractivity contribution in [2.45, 2.75) is 6.92 Å². The first-order valence-corrected chi connectivity index (χ1v) is 3.99. The van der Waals surface area contributed by atoms with Crippen molar-refractivity contribution in [2.75, 3.05) is 0 Å². The third-order valence-corrected chi connectivity index (χ3v) is 1.70. The van der Waals surface area contributed by atoms with Crippen LogP contribution in [-0.2, 0) is 0 Å². The van der Waals surface area contributed by atoms with Crippen molar-refractivity contribution in [3.63, 3.8) is 0 Å². The first-order valence-electron chi connectivity index (χ1n) is 3.99. The minimum Gasteiger partial charge on any atom is -0.417 e. The van der Waals surface area contributed by atoms with E-state index in [0.29, 0.717) is 0 Å². The molecule has 0 saturated carbocycles. The second kappa shape index (κ2) is 3.31. The molecule has 0 atom stereocenters. The van der Waals surface area contributed by atoms with Crippen LogP contribution in [0.25, 0.3) is 0 Å². The minimum atomic E-state index is 0.273. The minimum absolute atomic E-state index is 0.273. The van der Waals surface area contributed by atoms with Gasteiger partial charge in [-0.15, -0.1) is 0 Å². The molecule has 0 aliphatic heterocycles. The van der Waals surface area contributed by atoms with Gasteiger partial charge >= 0.3 is 6.08 Å². The number of hydrogen-bond acceptors (Lipinski definition) is 3. The average molecular weight is 175 g/mol. The molecule has 0 radical (unpaired) electrons. The summed E-state index contributed by atoms with van der Waals surface area (Å²) in [5, 5.41) is 0. The lowest BCUT2D eigenvalue weighted by atomic mass is 10.2. The Morgan fingerprint density at radius 2 is 2.15 bits per heavy atom. The molecule has 2 rings (SSSR count). The maximum absolute atomic E-state index is 5.37. The number of ether oxygens (including phenoxy) is 1. The zero-order chi connectivity index (χ0) is 9.10. The lowest BCUT2D eigenvalue weighted by molar-refractivity contribution is 0.329. The molecular formula is C10H9NO2. The van der Waals surface area contributed by atoms with Crippen LogP contribution in [0.1, 0.15) is 5.56 Å². The molecule has 0 unspecified atom stereocenters. The maximum atomic E-state index is 5.37. The number of aryl methyl sites for hydroxylation is 1. The Morgan fingerprint density at radius 3 is 2.85 bits per heavy atom. The Balaban J connectivity index is 2.24. The predicted molar refractivity (Wildman–Crippen MR) is 47.8 cm³/mol. The van der Waals surface area contributed by atoms with E-state index in [-0.39, 0.29) is 6.08 Å². The molecule has 0 bridgehead atoms. The van der Waals surface area contributed by atoms with Crippen molar-refractivity contribution in [1.29, 1.82) is 0 Å². The normalized spacial score (nSPS) is 9.92. The van der Waals surface area contributed by atoms with Gasteiger partial charge in [0, 0.05) is 0 Å². The van der Waals surface area contributed by atoms with Gasteiger partial charge in [-0.25, -0.2) is 0 Å². The Labute approximate surface area is 76.0 Å². The van der Waals surface area contributed by atoms with Gasteiger partial charge in [-0.1, -0.05) is 18.2 Å². The second-order valence-corrected chi connectivity index (χ2v) is 2.67. The molecule has 13 heavy (non-hydrogen) atoms. The van der Waals surface area contributed by atoms with Crippen molar-refractivity contribution < 1.29 is 9.15 Å². The highest BCUT2D eigenvalue weighted by atomic mass is 16.6. The third kappa shape index (κ3) is 1.69. The molecular weight excluding hydrogens is 166 g/mol. The van der Waals surface area contributed by atoms with Crippen molar-refractivity contribution in [3.05, 3.63) is 42.3 Å². The van der Waals surface area contributed by atoms with E-state index in [4.69, 9.17) is 9.15 Å². The fourth-order valence-electron chi connectivity index (χ4n) is 1.03. The molecule has 0 amide bonds. The highest BCUT2D eigenvalue weighted by molar-refractivity contribution is 5.33. The molecule has 0 fully saturated rings. The van der Waals surface area contributed by atoms with Crippen LogP contribution in [0.5, 0.6) is 11.8 Å². The van der Waals surface area contributed by atoms with E-state index in [0.717, 1.165) is 11.3 Å². The Hall–Kier alpha value is -1.77. The summed E-state index contributed by atoms with van der Waals surface area (Å²) < 4.78 is 10.3. The first-order chi connectivity index (χ1) is 6.36. The number of nitrogens with zero attached hydrogens (tertiary/aromatic N) is 1. The average Bonchev–Trinajstić information content (AvgIpc) is 2.61. The highest BCUT2D eigenvalue weighted by Gasteiger charge is 2.02. The molecule has 0 saturated heterocycles. The molecule has 2 aromatic rings. The van der Waals surface area contributed by atoms with Gasteiger partial charge in [-0.2, -0.15) is 4.98 Å². The van der Waals surface area contributed by atoms with E-state index in [1.165, 1.54) is 6.26 Å². The largest absolute Gasteiger partial charge is 0.417 e. The van der Waals surface area contributed by atoms with Crippen molar-refractivity contribution >= 4 is 0 Å². The topological polar surface area (TPSA) is 35.3 Å². The number of oxazole rings is 1. The van der Waals surface area contributed by atoms with Crippen LogP contribution in [0.3, 0.4) is 0 Å². The first kappa shape index (κ1) is 7.86. The van der Waals surface area contributed by atoms with E-state index in [1.807, 2.05) is 31.2 Å². The van der Waals surface area contributed by atoms with Gasteiger partial charge in [-0.05, 0) is 18.6 Å². The molecule has 1 aromatic carbocycles. The number of rotatable bonds is 2. The molecule has 1 heterocycles. The Morgan fingerprint density at radius 1 is 1.31 bits per heavy atom. The zero-order valence-electron chi connectivity index (χ0n) is 7.23. The van der Waals surface area contributed by atoms with Gasteiger partial charge in [0.1, 0.15) is 12.0 Å². The van der Waals surface area contributed by atoms with E-state index < -0.39 is 0 Å². The van der Waals surface area contributed by atoms with Crippen LogP contribution in [0.4, 0.5) is 0 Å². The number of benzene rings is 1. The summed E-state index contributed by atoms with van der Waals surface area (Å²) in [6.45, 7) is 1.97. The van der Waals surface area contributed by atoms with Crippen LogP contribution in [0.15, 0.2) is 41.1 Å². The SMILES string of the molecule is Cc1ccccc1Oc1ncco1. The van der Waals surface area contributed by atoms with Crippen LogP contribution < -0.4 is 4.74 Å². The van der Waals surface area contributed by atoms with Gasteiger partial charge in [0.2, 0.25) is 0 Å². The van der Waals surface area contributed by atoms with Gasteiger partial charge < -0.3 is 9.15 Å². The Bertz CT molecular complexity index is 382. The van der Waals surface area contributed by atoms with Crippen molar-refractivity contribution in [2.24, 2.45) is 0 Å². The van der Waals surface area contributed by atoms with E-state index in [2.05, 4.69) is 4.98 Å².